The zero-order valence-corrected chi connectivity index (χ0v) is 16.0. The molecule has 1 aliphatic heterocycles. The number of esters is 2. The van der Waals surface area contributed by atoms with Gasteiger partial charge in [0.2, 0.25) is 0 Å². The van der Waals surface area contributed by atoms with Gasteiger partial charge in [-0.15, -0.1) is 0 Å². The fraction of sp³-hybridized carbons (Fsp3) is 0.214. The molecule has 0 radical (unpaired) electrons. The predicted molar refractivity (Wildman–Crippen MR) is 96.6 cm³/mol. The van der Waals surface area contributed by atoms with Gasteiger partial charge in [-0.25, -0.2) is 14.6 Å². The number of cyclic esters (lactones) is 1. The number of carbonyl (C=O) groups is 2. The van der Waals surface area contributed by atoms with E-state index in [0.717, 1.165) is 12.7 Å². The van der Waals surface area contributed by atoms with Crippen LogP contribution in [-0.2, 0) is 19.1 Å². The summed E-state index contributed by atoms with van der Waals surface area (Å²) in [5.41, 5.74) is 1.05. The maximum atomic E-state index is 11.6. The lowest BCUT2D eigenvalue weighted by Crippen LogP contribution is -2.13. The van der Waals surface area contributed by atoms with Crippen molar-refractivity contribution in [1.82, 2.24) is 0 Å². The molecule has 0 unspecified atom stereocenters. The largest absolute Gasteiger partial charge is 0.480 e. The molecule has 1 aromatic carbocycles. The average molecular weight is 527 g/mol. The number of nitrogens with zero attached hydrogens (tertiary/aromatic N) is 1. The van der Waals surface area contributed by atoms with Crippen LogP contribution in [0.15, 0.2) is 22.8 Å². The first kappa shape index (κ1) is 17.2. The summed E-state index contributed by atoms with van der Waals surface area (Å²) >= 11 is 4.21. The molecular formula is C14H11I2NO5. The Morgan fingerprint density at radius 1 is 1.36 bits per heavy atom. The quantitative estimate of drug-likeness (QED) is 0.343. The van der Waals surface area contributed by atoms with E-state index in [1.54, 1.807) is 13.0 Å². The van der Waals surface area contributed by atoms with E-state index in [1.165, 1.54) is 7.11 Å². The summed E-state index contributed by atoms with van der Waals surface area (Å²) in [6.45, 7) is 1.47. The minimum absolute atomic E-state index is 0.154. The number of rotatable bonds is 4. The normalized spacial score (nSPS) is 15.5. The standard InChI is InChI=1S/C14H11I2NO5/c1-7-17-11(14(19)22-7)5-8-3-9(15)13(10(16)4-8)21-6-12(18)20-2/h3-5H,6H2,1-2H3/b11-5+. The highest BCUT2D eigenvalue weighted by Gasteiger charge is 2.20. The highest BCUT2D eigenvalue weighted by atomic mass is 127. The molecule has 8 heteroatoms. The van der Waals surface area contributed by atoms with Crippen molar-refractivity contribution < 1.29 is 23.8 Å². The van der Waals surface area contributed by atoms with E-state index < -0.39 is 11.9 Å². The SMILES string of the molecule is COC(=O)COc1c(I)cc(/C=C2/N=C(C)OC2=O)cc1I. The van der Waals surface area contributed by atoms with Gasteiger partial charge >= 0.3 is 11.9 Å². The van der Waals surface area contributed by atoms with Gasteiger partial charge < -0.3 is 14.2 Å². The lowest BCUT2D eigenvalue weighted by atomic mass is 10.2. The van der Waals surface area contributed by atoms with Crippen molar-refractivity contribution in [1.29, 1.82) is 0 Å². The van der Waals surface area contributed by atoms with Gasteiger partial charge in [0.1, 0.15) is 5.75 Å². The fourth-order valence-corrected chi connectivity index (χ4v) is 3.79. The number of halogens is 2. The number of aliphatic imine (C=N–C) groups is 1. The molecule has 0 bridgehead atoms. The molecule has 0 spiro atoms. The molecule has 0 fully saturated rings. The Morgan fingerprint density at radius 2 is 2.00 bits per heavy atom. The van der Waals surface area contributed by atoms with Crippen molar-refractivity contribution in [3.63, 3.8) is 0 Å². The number of carbonyl (C=O) groups excluding carboxylic acids is 2. The molecule has 6 nitrogen and oxygen atoms in total. The Bertz CT molecular complexity index is 673. The minimum Gasteiger partial charge on any atom is -0.480 e. The Hall–Kier alpha value is -1.17. The second kappa shape index (κ2) is 7.40. The molecule has 0 amide bonds. The Labute approximate surface area is 154 Å². The van der Waals surface area contributed by atoms with E-state index >= 15 is 0 Å². The number of ether oxygens (including phenoxy) is 3. The molecule has 0 aliphatic carbocycles. The van der Waals surface area contributed by atoms with Gasteiger partial charge in [0.15, 0.2) is 18.2 Å². The van der Waals surface area contributed by atoms with Crippen molar-refractivity contribution in [3.05, 3.63) is 30.5 Å². The van der Waals surface area contributed by atoms with Crippen LogP contribution in [0.3, 0.4) is 0 Å². The molecule has 1 aliphatic rings. The van der Waals surface area contributed by atoms with Gasteiger partial charge in [0.05, 0.1) is 14.3 Å². The van der Waals surface area contributed by atoms with Crippen LogP contribution in [0.1, 0.15) is 12.5 Å². The lowest BCUT2D eigenvalue weighted by molar-refractivity contribution is -0.143. The van der Waals surface area contributed by atoms with E-state index in [4.69, 9.17) is 9.47 Å². The van der Waals surface area contributed by atoms with Gasteiger partial charge in [-0.05, 0) is 69.0 Å². The summed E-state index contributed by atoms with van der Waals surface area (Å²) < 4.78 is 16.5. The average Bonchev–Trinajstić information content (AvgIpc) is 2.75. The first-order valence-corrected chi connectivity index (χ1v) is 8.24. The second-order valence-corrected chi connectivity index (χ2v) is 6.55. The van der Waals surface area contributed by atoms with Crippen LogP contribution in [0.5, 0.6) is 5.75 Å². The number of hydrogen-bond acceptors (Lipinski definition) is 6. The molecule has 2 rings (SSSR count). The highest BCUT2D eigenvalue weighted by molar-refractivity contribution is 14.1. The third kappa shape index (κ3) is 4.18. The summed E-state index contributed by atoms with van der Waals surface area (Å²) in [4.78, 5) is 26.7. The maximum absolute atomic E-state index is 11.6. The topological polar surface area (TPSA) is 74.2 Å². The Morgan fingerprint density at radius 3 is 2.50 bits per heavy atom. The zero-order chi connectivity index (χ0) is 16.3. The van der Waals surface area contributed by atoms with Crippen LogP contribution >= 0.6 is 45.2 Å². The molecule has 0 atom stereocenters. The minimum atomic E-state index is -0.464. The monoisotopic (exact) mass is 527 g/mol. The molecule has 0 saturated heterocycles. The summed E-state index contributed by atoms with van der Waals surface area (Å²) in [6, 6.07) is 3.66. The fourth-order valence-electron chi connectivity index (χ4n) is 1.66. The molecule has 1 aromatic rings. The van der Waals surface area contributed by atoms with E-state index in [1.807, 2.05) is 12.1 Å². The number of hydrogen-bond donors (Lipinski definition) is 0. The van der Waals surface area contributed by atoms with Crippen LogP contribution in [0.2, 0.25) is 0 Å². The molecule has 0 saturated carbocycles. The van der Waals surface area contributed by atoms with Gasteiger partial charge in [0.25, 0.3) is 0 Å². The second-order valence-electron chi connectivity index (χ2n) is 4.23. The highest BCUT2D eigenvalue weighted by Crippen LogP contribution is 2.30. The van der Waals surface area contributed by atoms with Crippen LogP contribution in [0.25, 0.3) is 6.08 Å². The molecule has 1 heterocycles. The summed E-state index contributed by atoms with van der Waals surface area (Å²) in [5, 5.41) is 0. The van der Waals surface area contributed by atoms with E-state index in [9.17, 15) is 9.59 Å². The summed E-state index contributed by atoms with van der Waals surface area (Å²) in [6.07, 6.45) is 1.65. The van der Waals surface area contributed by atoms with Gasteiger partial charge in [0, 0.05) is 6.92 Å². The first-order chi connectivity index (χ1) is 10.4. The molecule has 22 heavy (non-hydrogen) atoms. The smallest absolute Gasteiger partial charge is 0.363 e. The van der Waals surface area contributed by atoms with Crippen molar-refractivity contribution in [3.8, 4) is 5.75 Å². The van der Waals surface area contributed by atoms with Crippen molar-refractivity contribution >= 4 is 69.1 Å². The van der Waals surface area contributed by atoms with E-state index in [2.05, 4.69) is 54.9 Å². The van der Waals surface area contributed by atoms with E-state index in [0.29, 0.717) is 11.6 Å². The third-order valence-corrected chi connectivity index (χ3v) is 4.22. The van der Waals surface area contributed by atoms with Crippen LogP contribution in [0, 0.1) is 7.14 Å². The number of methoxy groups -OCH3 is 1. The lowest BCUT2D eigenvalue weighted by Gasteiger charge is -2.10. The van der Waals surface area contributed by atoms with Crippen LogP contribution in [0.4, 0.5) is 0 Å². The van der Waals surface area contributed by atoms with Gasteiger partial charge in [-0.3, -0.25) is 0 Å². The summed E-state index contributed by atoms with van der Waals surface area (Å²) in [7, 11) is 1.31. The van der Waals surface area contributed by atoms with Gasteiger partial charge in [-0.2, -0.15) is 0 Å². The molecule has 116 valence electrons. The molecule has 0 aromatic heterocycles. The van der Waals surface area contributed by atoms with Gasteiger partial charge in [-0.1, -0.05) is 0 Å². The Balaban J connectivity index is 2.25. The maximum Gasteiger partial charge on any atom is 0.363 e. The first-order valence-electron chi connectivity index (χ1n) is 6.08. The van der Waals surface area contributed by atoms with Crippen molar-refractivity contribution in [2.24, 2.45) is 4.99 Å². The predicted octanol–water partition coefficient (Wildman–Crippen LogP) is 2.76. The van der Waals surface area contributed by atoms with Crippen LogP contribution in [-0.4, -0.2) is 31.6 Å². The van der Waals surface area contributed by atoms with Crippen molar-refractivity contribution in [2.75, 3.05) is 13.7 Å². The summed E-state index contributed by atoms with van der Waals surface area (Å²) in [5.74, 6) is 0.0194. The Kier molecular flexibility index (Phi) is 5.78. The zero-order valence-electron chi connectivity index (χ0n) is 11.7. The molecule has 0 N–H and O–H groups in total. The van der Waals surface area contributed by atoms with Crippen molar-refractivity contribution in [2.45, 2.75) is 6.92 Å². The molecular weight excluding hydrogens is 516 g/mol. The van der Waals surface area contributed by atoms with E-state index in [-0.39, 0.29) is 12.3 Å². The number of benzene rings is 1. The third-order valence-electron chi connectivity index (χ3n) is 2.61. The van der Waals surface area contributed by atoms with Crippen LogP contribution < -0.4 is 4.74 Å².